The van der Waals surface area contributed by atoms with Crippen LogP contribution in [0.3, 0.4) is 0 Å². The summed E-state index contributed by atoms with van der Waals surface area (Å²) >= 11 is 0. The number of aromatic nitrogens is 2. The molecule has 48 heavy (non-hydrogen) atoms. The highest BCUT2D eigenvalue weighted by atomic mass is 19.4. The molecule has 0 radical (unpaired) electrons. The van der Waals surface area contributed by atoms with Crippen LogP contribution in [0.15, 0.2) is 109 Å². The molecule has 6 heteroatoms. The number of benzene rings is 6. The summed E-state index contributed by atoms with van der Waals surface area (Å²) in [5.41, 5.74) is 9.99. The lowest BCUT2D eigenvalue weighted by molar-refractivity contribution is -0.137. The van der Waals surface area contributed by atoms with Gasteiger partial charge in [0.2, 0.25) is 0 Å². The van der Waals surface area contributed by atoms with Crippen molar-refractivity contribution in [2.45, 2.75) is 33.9 Å². The fourth-order valence-corrected chi connectivity index (χ4v) is 7.14. The number of alkyl halides is 3. The summed E-state index contributed by atoms with van der Waals surface area (Å²) < 4.78 is 46.1. The molecular formula is C42H30F3N3. The monoisotopic (exact) mass is 633 g/mol. The maximum absolute atomic E-state index is 14.0. The van der Waals surface area contributed by atoms with Gasteiger partial charge < -0.3 is 9.13 Å². The first-order valence-corrected chi connectivity index (χ1v) is 15.8. The third-order valence-electron chi connectivity index (χ3n) is 9.37. The van der Waals surface area contributed by atoms with Crippen molar-refractivity contribution in [1.29, 1.82) is 5.26 Å². The quantitative estimate of drug-likeness (QED) is 0.191. The summed E-state index contributed by atoms with van der Waals surface area (Å²) in [4.78, 5) is 0. The molecule has 0 aliphatic rings. The summed E-state index contributed by atoms with van der Waals surface area (Å²) in [6.07, 6.45) is -4.50. The van der Waals surface area contributed by atoms with E-state index in [0.717, 1.165) is 71.9 Å². The highest BCUT2D eigenvalue weighted by Gasteiger charge is 2.31. The molecule has 0 bridgehead atoms. The van der Waals surface area contributed by atoms with Crippen molar-refractivity contribution < 1.29 is 13.2 Å². The van der Waals surface area contributed by atoms with Gasteiger partial charge in [-0.25, -0.2) is 0 Å². The first-order valence-electron chi connectivity index (χ1n) is 15.8. The summed E-state index contributed by atoms with van der Waals surface area (Å²) in [6.45, 7) is 8.21. The minimum atomic E-state index is -4.50. The van der Waals surface area contributed by atoms with Crippen LogP contribution in [0.2, 0.25) is 0 Å². The van der Waals surface area contributed by atoms with Crippen molar-refractivity contribution in [3.05, 3.63) is 143 Å². The fourth-order valence-electron chi connectivity index (χ4n) is 7.14. The molecule has 234 valence electrons. The Labute approximate surface area is 275 Å². The Bertz CT molecular complexity index is 2400. The van der Waals surface area contributed by atoms with Gasteiger partial charge in [0.05, 0.1) is 39.0 Å². The van der Waals surface area contributed by atoms with Crippen LogP contribution < -0.4 is 0 Å². The first-order chi connectivity index (χ1) is 23.0. The number of halogens is 3. The summed E-state index contributed by atoms with van der Waals surface area (Å²) in [5, 5.41) is 15.2. The third-order valence-corrected chi connectivity index (χ3v) is 9.37. The van der Waals surface area contributed by atoms with Crippen molar-refractivity contribution in [1.82, 2.24) is 9.13 Å². The zero-order chi connectivity index (χ0) is 33.5. The van der Waals surface area contributed by atoms with Crippen LogP contribution in [0.1, 0.15) is 33.4 Å². The molecule has 0 saturated carbocycles. The minimum Gasteiger partial charge on any atom is -0.308 e. The van der Waals surface area contributed by atoms with Crippen LogP contribution in [0.4, 0.5) is 13.2 Å². The molecule has 2 aromatic heterocycles. The van der Waals surface area contributed by atoms with Gasteiger partial charge in [-0.15, -0.1) is 0 Å². The Balaban J connectivity index is 1.56. The van der Waals surface area contributed by atoms with E-state index in [1.165, 1.54) is 12.1 Å². The number of nitriles is 1. The fraction of sp³-hybridized carbons (Fsp3) is 0.119. The molecule has 0 spiro atoms. The van der Waals surface area contributed by atoms with Gasteiger partial charge in [0.15, 0.2) is 0 Å². The highest BCUT2D eigenvalue weighted by molar-refractivity contribution is 6.11. The van der Waals surface area contributed by atoms with E-state index >= 15 is 0 Å². The number of hydrogen-bond acceptors (Lipinski definition) is 1. The molecule has 0 unspecified atom stereocenters. The van der Waals surface area contributed by atoms with Crippen LogP contribution in [0.25, 0.3) is 66.1 Å². The maximum atomic E-state index is 14.0. The van der Waals surface area contributed by atoms with Crippen molar-refractivity contribution in [3.8, 4) is 28.6 Å². The van der Waals surface area contributed by atoms with Crippen LogP contribution in [-0.2, 0) is 6.18 Å². The SMILES string of the molecule is Cc1ccc2c(c1)c1cc(C)ccc1n2-c1cc(-c2cccc(C(F)(F)F)c2)cc(-n2c3ccc(C)cc3c3cc(C)ccc32)c1C#N. The minimum absolute atomic E-state index is 0.414. The third kappa shape index (κ3) is 4.57. The number of fused-ring (bicyclic) bond motifs is 6. The molecule has 0 aliphatic heterocycles. The van der Waals surface area contributed by atoms with Crippen molar-refractivity contribution in [2.75, 3.05) is 0 Å². The zero-order valence-corrected chi connectivity index (χ0v) is 26.9. The Hall–Kier alpha value is -5.80. The molecule has 0 aliphatic carbocycles. The molecule has 0 atom stereocenters. The first kappa shape index (κ1) is 29.6. The Morgan fingerprint density at radius 2 is 0.896 bits per heavy atom. The lowest BCUT2D eigenvalue weighted by Gasteiger charge is -2.19. The number of rotatable bonds is 3. The van der Waals surface area contributed by atoms with Crippen LogP contribution in [0, 0.1) is 39.0 Å². The van der Waals surface area contributed by atoms with Gasteiger partial charge in [0.25, 0.3) is 0 Å². The average Bonchev–Trinajstić information content (AvgIpc) is 3.54. The molecule has 2 heterocycles. The van der Waals surface area contributed by atoms with E-state index in [1.54, 1.807) is 6.07 Å². The average molecular weight is 634 g/mol. The van der Waals surface area contributed by atoms with Gasteiger partial charge in [0.1, 0.15) is 11.6 Å². The second kappa shape index (κ2) is 10.6. The molecule has 3 nitrogen and oxygen atoms in total. The van der Waals surface area contributed by atoms with Gasteiger partial charge in [-0.3, -0.25) is 0 Å². The zero-order valence-electron chi connectivity index (χ0n) is 26.9. The van der Waals surface area contributed by atoms with E-state index in [1.807, 2.05) is 36.4 Å². The van der Waals surface area contributed by atoms with Gasteiger partial charge in [-0.1, -0.05) is 58.7 Å². The van der Waals surface area contributed by atoms with E-state index in [4.69, 9.17) is 0 Å². The summed E-state index contributed by atoms with van der Waals surface area (Å²) in [7, 11) is 0. The lowest BCUT2D eigenvalue weighted by atomic mass is 9.98. The molecular weight excluding hydrogens is 603 g/mol. The topological polar surface area (TPSA) is 33.6 Å². The predicted octanol–water partition coefficient (Wildman–Crippen LogP) is 11.7. The van der Waals surface area contributed by atoms with E-state index < -0.39 is 11.7 Å². The van der Waals surface area contributed by atoms with Gasteiger partial charge in [-0.2, -0.15) is 18.4 Å². The predicted molar refractivity (Wildman–Crippen MR) is 189 cm³/mol. The Morgan fingerprint density at radius 1 is 0.500 bits per heavy atom. The normalized spacial score (nSPS) is 12.0. The van der Waals surface area contributed by atoms with E-state index in [-0.39, 0.29) is 0 Å². The molecule has 0 saturated heterocycles. The second-order valence-corrected chi connectivity index (χ2v) is 12.8. The smallest absolute Gasteiger partial charge is 0.308 e. The molecule has 8 aromatic rings. The number of hydrogen-bond donors (Lipinski definition) is 0. The number of nitrogens with zero attached hydrogens (tertiary/aromatic N) is 3. The van der Waals surface area contributed by atoms with E-state index in [0.29, 0.717) is 28.1 Å². The second-order valence-electron chi connectivity index (χ2n) is 12.8. The molecule has 8 rings (SSSR count). The van der Waals surface area contributed by atoms with Crippen LogP contribution >= 0.6 is 0 Å². The lowest BCUT2D eigenvalue weighted by Crippen LogP contribution is -2.06. The van der Waals surface area contributed by atoms with Gasteiger partial charge in [-0.05, 0) is 112 Å². The summed E-state index contributed by atoms with van der Waals surface area (Å²) in [6, 6.07) is 36.7. The maximum Gasteiger partial charge on any atom is 0.416 e. The molecule has 0 N–H and O–H groups in total. The molecule has 0 amide bonds. The van der Waals surface area contributed by atoms with Crippen LogP contribution in [0.5, 0.6) is 0 Å². The molecule has 0 fully saturated rings. The standard InChI is InChI=1S/C42H30F3N3/c1-24-8-12-36-31(16-24)32-17-25(2)9-13-37(32)47(36)40-21-29(28-6-5-7-30(20-28)42(43,44)45)22-41(35(40)23-46)48-38-14-10-26(3)18-33(38)34-19-27(4)11-15-39(34)48/h5-22H,1-4H3. The van der Waals surface area contributed by atoms with Crippen molar-refractivity contribution in [3.63, 3.8) is 0 Å². The Morgan fingerprint density at radius 3 is 1.25 bits per heavy atom. The molecule has 6 aromatic carbocycles. The van der Waals surface area contributed by atoms with Gasteiger partial charge >= 0.3 is 6.18 Å². The van der Waals surface area contributed by atoms with Gasteiger partial charge in [0, 0.05) is 21.5 Å². The highest BCUT2D eigenvalue weighted by Crippen LogP contribution is 2.41. The van der Waals surface area contributed by atoms with E-state index in [9.17, 15) is 18.4 Å². The summed E-state index contributed by atoms with van der Waals surface area (Å²) in [5.74, 6) is 0. The van der Waals surface area contributed by atoms with Crippen molar-refractivity contribution in [2.24, 2.45) is 0 Å². The van der Waals surface area contributed by atoms with Crippen molar-refractivity contribution >= 4 is 43.6 Å². The largest absolute Gasteiger partial charge is 0.416 e. The Kier molecular flexibility index (Phi) is 6.54. The number of aryl methyl sites for hydroxylation is 4. The van der Waals surface area contributed by atoms with Crippen LogP contribution in [-0.4, -0.2) is 9.13 Å². The van der Waals surface area contributed by atoms with E-state index in [2.05, 4.69) is 91.4 Å².